The number of sulfonamides is 1. The van der Waals surface area contributed by atoms with E-state index in [4.69, 9.17) is 5.73 Å². The van der Waals surface area contributed by atoms with Crippen molar-refractivity contribution in [1.82, 2.24) is 4.98 Å². The minimum atomic E-state index is -4.67. The first-order chi connectivity index (χ1) is 9.42. The van der Waals surface area contributed by atoms with Crippen LogP contribution >= 0.6 is 22.7 Å². The van der Waals surface area contributed by atoms with E-state index in [1.165, 1.54) is 11.3 Å². The van der Waals surface area contributed by atoms with Gasteiger partial charge in [0.25, 0.3) is 10.0 Å². The van der Waals surface area contributed by atoms with Gasteiger partial charge in [0.1, 0.15) is 0 Å². The summed E-state index contributed by atoms with van der Waals surface area (Å²) in [6.07, 6.45) is 0.750. The molecule has 0 bridgehead atoms. The Morgan fingerprint density at radius 1 is 1.40 bits per heavy atom. The topological polar surface area (TPSA) is 85.1 Å². The molecule has 0 amide bonds. The number of aromatic nitrogens is 1. The average Bonchev–Trinajstić information content (AvgIpc) is 2.98. The summed E-state index contributed by atoms with van der Waals surface area (Å²) >= 11 is 2.45. The van der Waals surface area contributed by atoms with Crippen LogP contribution in [0.5, 0.6) is 0 Å². The van der Waals surface area contributed by atoms with E-state index in [1.54, 1.807) is 10.1 Å². The second-order valence-electron chi connectivity index (χ2n) is 3.75. The summed E-state index contributed by atoms with van der Waals surface area (Å²) < 4.78 is 48.3. The van der Waals surface area contributed by atoms with Gasteiger partial charge in [-0.2, -0.15) is 8.78 Å². The number of hydrogen-bond donors (Lipinski definition) is 2. The van der Waals surface area contributed by atoms with E-state index in [-0.39, 0.29) is 5.13 Å². The lowest BCUT2D eigenvalue weighted by Crippen LogP contribution is -2.20. The molecule has 0 aliphatic carbocycles. The van der Waals surface area contributed by atoms with Crippen molar-refractivity contribution in [3.63, 3.8) is 0 Å². The highest BCUT2D eigenvalue weighted by Gasteiger charge is 2.25. The fraction of sp³-hybridized carbons (Fsp3) is 0.300. The number of halogens is 2. The van der Waals surface area contributed by atoms with Crippen molar-refractivity contribution in [2.75, 3.05) is 11.3 Å². The quantitative estimate of drug-likeness (QED) is 0.846. The molecular formula is C10H11F2N3O2S3. The van der Waals surface area contributed by atoms with Crippen molar-refractivity contribution >= 4 is 37.8 Å². The molecule has 0 aromatic carbocycles. The lowest BCUT2D eigenvalue weighted by Gasteiger charge is -2.02. The summed E-state index contributed by atoms with van der Waals surface area (Å²) in [5.41, 5.74) is 6.01. The van der Waals surface area contributed by atoms with E-state index in [0.29, 0.717) is 12.2 Å². The molecule has 5 nitrogen and oxygen atoms in total. The molecule has 2 aromatic rings. The maximum Gasteiger partial charge on any atom is 0.355 e. The van der Waals surface area contributed by atoms with Gasteiger partial charge in [0.05, 0.1) is 10.6 Å². The molecule has 0 saturated carbocycles. The highest BCUT2D eigenvalue weighted by Crippen LogP contribution is 2.31. The molecule has 2 aromatic heterocycles. The molecule has 20 heavy (non-hydrogen) atoms. The number of rotatable bonds is 6. The molecule has 2 heterocycles. The van der Waals surface area contributed by atoms with E-state index in [2.05, 4.69) is 4.98 Å². The minimum Gasteiger partial charge on any atom is -0.330 e. The SMILES string of the molecule is NCCc1ccc(-c2csc(NS(=O)(=O)C(F)F)n2)s1. The highest BCUT2D eigenvalue weighted by molar-refractivity contribution is 7.93. The van der Waals surface area contributed by atoms with Gasteiger partial charge in [0.15, 0.2) is 5.13 Å². The van der Waals surface area contributed by atoms with Crippen LogP contribution < -0.4 is 10.5 Å². The average molecular weight is 339 g/mol. The van der Waals surface area contributed by atoms with Gasteiger partial charge in [-0.05, 0) is 25.1 Å². The second kappa shape index (κ2) is 6.12. The van der Waals surface area contributed by atoms with Gasteiger partial charge in [-0.15, -0.1) is 22.7 Å². The zero-order valence-electron chi connectivity index (χ0n) is 10.0. The van der Waals surface area contributed by atoms with Crippen LogP contribution in [0, 0.1) is 0 Å². The van der Waals surface area contributed by atoms with Gasteiger partial charge < -0.3 is 5.73 Å². The van der Waals surface area contributed by atoms with Crippen LogP contribution in [0.4, 0.5) is 13.9 Å². The number of alkyl halides is 2. The van der Waals surface area contributed by atoms with Gasteiger partial charge in [-0.3, -0.25) is 4.72 Å². The molecule has 10 heteroatoms. The molecule has 0 saturated heterocycles. The molecule has 0 radical (unpaired) electrons. The van der Waals surface area contributed by atoms with Crippen molar-refractivity contribution in [2.45, 2.75) is 12.2 Å². The number of nitrogens with one attached hydrogen (secondary N) is 1. The summed E-state index contributed by atoms with van der Waals surface area (Å²) in [7, 11) is -4.67. The Morgan fingerprint density at radius 3 is 2.80 bits per heavy atom. The maximum absolute atomic E-state index is 12.2. The summed E-state index contributed by atoms with van der Waals surface area (Å²) in [6, 6.07) is 3.76. The van der Waals surface area contributed by atoms with Crippen LogP contribution in [0.1, 0.15) is 4.88 Å². The normalized spacial score (nSPS) is 12.0. The van der Waals surface area contributed by atoms with Gasteiger partial charge in [0, 0.05) is 10.3 Å². The van der Waals surface area contributed by atoms with E-state index in [0.717, 1.165) is 27.5 Å². The van der Waals surface area contributed by atoms with Crippen molar-refractivity contribution in [1.29, 1.82) is 0 Å². The Labute approximate surface area is 122 Å². The zero-order valence-corrected chi connectivity index (χ0v) is 12.5. The van der Waals surface area contributed by atoms with Gasteiger partial charge >= 0.3 is 5.76 Å². The Morgan fingerprint density at radius 2 is 2.15 bits per heavy atom. The van der Waals surface area contributed by atoms with E-state index < -0.39 is 15.8 Å². The first-order valence-corrected chi connectivity index (χ1v) is 8.71. The number of thiazole rings is 1. The van der Waals surface area contributed by atoms with Crippen molar-refractivity contribution in [3.05, 3.63) is 22.4 Å². The van der Waals surface area contributed by atoms with Crippen LogP contribution in [0.2, 0.25) is 0 Å². The molecule has 0 spiro atoms. The third-order valence-corrected chi connectivity index (χ3v) is 5.27. The molecule has 3 N–H and O–H groups in total. The van der Waals surface area contributed by atoms with Gasteiger partial charge in [-0.1, -0.05) is 0 Å². The number of nitrogens with two attached hydrogens (primary N) is 1. The molecular weight excluding hydrogens is 328 g/mol. The Kier molecular flexibility index (Phi) is 4.68. The summed E-state index contributed by atoms with van der Waals surface area (Å²) in [6.45, 7) is 0.538. The monoisotopic (exact) mass is 339 g/mol. The molecule has 0 aliphatic heterocycles. The molecule has 2 rings (SSSR count). The number of hydrogen-bond acceptors (Lipinski definition) is 6. The fourth-order valence-electron chi connectivity index (χ4n) is 1.39. The fourth-order valence-corrected chi connectivity index (χ4v) is 3.92. The van der Waals surface area contributed by atoms with Crippen LogP contribution in [0.15, 0.2) is 17.5 Å². The van der Waals surface area contributed by atoms with Crippen molar-refractivity contribution < 1.29 is 17.2 Å². The second-order valence-corrected chi connectivity index (χ2v) is 7.43. The van der Waals surface area contributed by atoms with E-state index >= 15 is 0 Å². The summed E-state index contributed by atoms with van der Waals surface area (Å²) in [5.74, 6) is -3.48. The van der Waals surface area contributed by atoms with E-state index in [1.807, 2.05) is 12.1 Å². The summed E-state index contributed by atoms with van der Waals surface area (Å²) in [5, 5.41) is 1.54. The molecule has 0 aliphatic rings. The predicted molar refractivity (Wildman–Crippen MR) is 76.7 cm³/mol. The van der Waals surface area contributed by atoms with Crippen molar-refractivity contribution in [3.8, 4) is 10.6 Å². The van der Waals surface area contributed by atoms with E-state index in [9.17, 15) is 17.2 Å². The van der Waals surface area contributed by atoms with Crippen LogP contribution in [0.3, 0.4) is 0 Å². The standard InChI is InChI=1S/C10H11F2N3O2S3/c11-9(12)20(16,17)15-10-14-7(5-18-10)8-2-1-6(19-8)3-4-13/h1-2,5,9H,3-4,13H2,(H,14,15). The first-order valence-electron chi connectivity index (χ1n) is 5.47. The lowest BCUT2D eigenvalue weighted by molar-refractivity contribution is 0.236. The van der Waals surface area contributed by atoms with Crippen molar-refractivity contribution in [2.24, 2.45) is 5.73 Å². The number of thiophene rings is 1. The van der Waals surface area contributed by atoms with Crippen LogP contribution in [-0.2, 0) is 16.4 Å². The molecule has 110 valence electrons. The Balaban J connectivity index is 2.16. The molecule has 0 unspecified atom stereocenters. The first kappa shape index (κ1) is 15.3. The highest BCUT2D eigenvalue weighted by atomic mass is 32.2. The minimum absolute atomic E-state index is 0.0749. The largest absolute Gasteiger partial charge is 0.355 e. The maximum atomic E-state index is 12.2. The number of nitrogens with zero attached hydrogens (tertiary/aromatic N) is 1. The third kappa shape index (κ3) is 3.51. The van der Waals surface area contributed by atoms with Gasteiger partial charge in [0.2, 0.25) is 0 Å². The lowest BCUT2D eigenvalue weighted by atomic mass is 10.3. The smallest absolute Gasteiger partial charge is 0.330 e. The van der Waals surface area contributed by atoms with Crippen LogP contribution in [-0.4, -0.2) is 25.7 Å². The zero-order chi connectivity index (χ0) is 14.8. The Hall–Kier alpha value is -1.10. The number of anilines is 1. The Bertz CT molecular complexity index is 681. The van der Waals surface area contributed by atoms with Gasteiger partial charge in [-0.25, -0.2) is 13.4 Å². The van der Waals surface area contributed by atoms with Crippen LogP contribution in [0.25, 0.3) is 10.6 Å². The summed E-state index contributed by atoms with van der Waals surface area (Å²) in [4.78, 5) is 5.92. The third-order valence-electron chi connectivity index (χ3n) is 2.27. The predicted octanol–water partition coefficient (Wildman–Crippen LogP) is 2.34. The molecule has 0 fully saturated rings. The molecule has 0 atom stereocenters.